The molecule has 0 amide bonds. The van der Waals surface area contributed by atoms with E-state index in [1.54, 1.807) is 0 Å². The van der Waals surface area contributed by atoms with Crippen LogP contribution in [0.25, 0.3) is 0 Å². The number of carbonyl (C=O) groups is 2. The summed E-state index contributed by atoms with van der Waals surface area (Å²) in [4.78, 5) is 25.9. The zero-order valence-electron chi connectivity index (χ0n) is 20.5. The number of aldehydes is 2. The van der Waals surface area contributed by atoms with Crippen LogP contribution < -0.4 is 24.8 Å². The van der Waals surface area contributed by atoms with Crippen molar-refractivity contribution in [3.8, 4) is 17.2 Å². The highest BCUT2D eigenvalue weighted by Crippen LogP contribution is 2.25. The molecule has 2 fully saturated rings. The summed E-state index contributed by atoms with van der Waals surface area (Å²) in [5.41, 5.74) is 0. The Labute approximate surface area is 217 Å². The predicted octanol–water partition coefficient (Wildman–Crippen LogP) is 2.03. The van der Waals surface area contributed by atoms with Crippen LogP contribution in [0.3, 0.4) is 0 Å². The van der Waals surface area contributed by atoms with Crippen molar-refractivity contribution in [1.82, 2.24) is 20.4 Å². The van der Waals surface area contributed by atoms with Gasteiger partial charge >= 0.3 is 6.36 Å². The summed E-state index contributed by atoms with van der Waals surface area (Å²) in [6.07, 6.45) is -4.63. The van der Waals surface area contributed by atoms with Gasteiger partial charge in [0.1, 0.15) is 23.1 Å². The highest BCUT2D eigenvalue weighted by Gasteiger charge is 2.31. The lowest BCUT2D eigenvalue weighted by Crippen LogP contribution is -2.51. The number of nitrogens with zero attached hydrogens (tertiary/aromatic N) is 2. The summed E-state index contributed by atoms with van der Waals surface area (Å²) in [7, 11) is 0. The van der Waals surface area contributed by atoms with Crippen LogP contribution in [0.4, 0.5) is 17.6 Å². The van der Waals surface area contributed by atoms with Crippen LogP contribution in [-0.2, 0) is 9.59 Å². The summed E-state index contributed by atoms with van der Waals surface area (Å²) in [5, 5.41) is 6.35. The first kappa shape index (κ1) is 29.3. The van der Waals surface area contributed by atoms with Crippen LogP contribution in [0.15, 0.2) is 48.5 Å². The molecule has 2 unspecified atom stereocenters. The fourth-order valence-corrected chi connectivity index (χ4v) is 3.76. The van der Waals surface area contributed by atoms with Crippen molar-refractivity contribution in [2.24, 2.45) is 0 Å². The molecule has 2 atom stereocenters. The van der Waals surface area contributed by atoms with Crippen LogP contribution in [-0.4, -0.2) is 93.5 Å². The topological polar surface area (TPSA) is 92.4 Å². The van der Waals surface area contributed by atoms with E-state index in [-0.39, 0.29) is 11.6 Å². The second-order valence-corrected chi connectivity index (χ2v) is 8.33. The smallest absolute Gasteiger partial charge is 0.468 e. The molecule has 0 radical (unpaired) electrons. The highest BCUT2D eigenvalue weighted by molar-refractivity contribution is 5.56. The fourth-order valence-electron chi connectivity index (χ4n) is 3.76. The molecule has 2 aromatic rings. The van der Waals surface area contributed by atoms with Gasteiger partial charge in [-0.1, -0.05) is 0 Å². The number of benzene rings is 2. The van der Waals surface area contributed by atoms with Crippen molar-refractivity contribution < 1.29 is 41.4 Å². The van der Waals surface area contributed by atoms with Gasteiger partial charge in [0.05, 0.1) is 0 Å². The first-order valence-corrected chi connectivity index (χ1v) is 12.0. The predicted molar refractivity (Wildman–Crippen MR) is 129 cm³/mol. The average Bonchev–Trinajstić information content (AvgIpc) is 2.93. The lowest BCUT2D eigenvalue weighted by molar-refractivity contribution is -0.274. The molecular weight excluding hydrogens is 512 g/mol. The lowest BCUT2D eigenvalue weighted by Gasteiger charge is -2.31. The van der Waals surface area contributed by atoms with Crippen molar-refractivity contribution in [2.75, 3.05) is 52.4 Å². The molecule has 2 aromatic carbocycles. The number of rotatable bonds is 9. The third kappa shape index (κ3) is 9.89. The molecule has 0 saturated carbocycles. The van der Waals surface area contributed by atoms with Crippen molar-refractivity contribution in [3.63, 3.8) is 0 Å². The molecule has 0 aliphatic carbocycles. The van der Waals surface area contributed by atoms with E-state index < -0.39 is 18.8 Å². The molecule has 13 heteroatoms. The fraction of sp³-hybridized carbons (Fsp3) is 0.440. The zero-order valence-corrected chi connectivity index (χ0v) is 20.5. The van der Waals surface area contributed by atoms with Gasteiger partial charge in [-0.15, -0.1) is 13.2 Å². The van der Waals surface area contributed by atoms with Crippen molar-refractivity contribution in [3.05, 3.63) is 54.3 Å². The minimum absolute atomic E-state index is 0.306. The summed E-state index contributed by atoms with van der Waals surface area (Å²) in [5.74, 6) is 0.157. The molecule has 38 heavy (non-hydrogen) atoms. The maximum absolute atomic E-state index is 12.7. The number of carbonyl (C=O) groups excluding carboxylic acids is 2. The van der Waals surface area contributed by atoms with Gasteiger partial charge in [-0.3, -0.25) is 19.4 Å². The molecule has 0 spiro atoms. The van der Waals surface area contributed by atoms with Gasteiger partial charge in [-0.05, 0) is 48.5 Å². The molecule has 4 rings (SSSR count). The minimum atomic E-state index is -4.73. The monoisotopic (exact) mass is 542 g/mol. The Hall–Kier alpha value is -3.26. The maximum atomic E-state index is 12.7. The van der Waals surface area contributed by atoms with Crippen LogP contribution in [0, 0.1) is 5.82 Å². The third-order valence-corrected chi connectivity index (χ3v) is 5.64. The first-order chi connectivity index (χ1) is 18.3. The number of halogens is 4. The van der Waals surface area contributed by atoms with E-state index in [4.69, 9.17) is 9.47 Å². The Bertz CT molecular complexity index is 983. The molecule has 0 bridgehead atoms. The van der Waals surface area contributed by atoms with Crippen molar-refractivity contribution in [1.29, 1.82) is 0 Å². The molecule has 9 nitrogen and oxygen atoms in total. The minimum Gasteiger partial charge on any atom is -0.468 e. The Morgan fingerprint density at radius 3 is 1.42 bits per heavy atom. The quantitative estimate of drug-likeness (QED) is 0.365. The Morgan fingerprint density at radius 1 is 0.684 bits per heavy atom. The summed E-state index contributed by atoms with van der Waals surface area (Å²) >= 11 is 0. The SMILES string of the molecule is O=CC(Oc1ccc(F)cc1)N1CCNCC1.O=CC(Oc1ccc(OC(F)(F)F)cc1)N1CCNCC1. The molecule has 2 aliphatic heterocycles. The largest absolute Gasteiger partial charge is 0.573 e. The maximum Gasteiger partial charge on any atom is 0.573 e. The molecule has 208 valence electrons. The van der Waals surface area contributed by atoms with Gasteiger partial charge < -0.3 is 24.8 Å². The van der Waals surface area contributed by atoms with Gasteiger partial charge in [0.2, 0.25) is 12.5 Å². The highest BCUT2D eigenvalue weighted by atomic mass is 19.4. The van der Waals surface area contributed by atoms with Crippen molar-refractivity contribution in [2.45, 2.75) is 18.8 Å². The third-order valence-electron chi connectivity index (χ3n) is 5.64. The van der Waals surface area contributed by atoms with E-state index in [1.807, 2.05) is 9.80 Å². The summed E-state index contributed by atoms with van der Waals surface area (Å²) in [6, 6.07) is 10.6. The van der Waals surface area contributed by atoms with E-state index >= 15 is 0 Å². The molecule has 2 aliphatic rings. The number of hydrogen-bond donors (Lipinski definition) is 2. The van der Waals surface area contributed by atoms with Gasteiger partial charge in [0.15, 0.2) is 12.6 Å². The normalized spacial score (nSPS) is 18.3. The van der Waals surface area contributed by atoms with E-state index in [1.165, 1.54) is 36.4 Å². The number of hydrogen-bond acceptors (Lipinski definition) is 9. The molecular formula is C25H30F4N4O5. The molecule has 2 heterocycles. The van der Waals surface area contributed by atoms with Crippen LogP contribution in [0.5, 0.6) is 17.2 Å². The number of nitrogens with one attached hydrogen (secondary N) is 2. The standard InChI is InChI=1S/C13H15F3N2O3.C12H15FN2O2/c14-13(15,16)21-11-3-1-10(2-4-11)20-12(9-19)18-7-5-17-6-8-18;13-10-1-3-11(4-2-10)17-12(9-16)15-7-5-14-6-8-15/h1-4,9,12,17H,5-8H2;1-4,9,12,14H,5-8H2. The Morgan fingerprint density at radius 2 is 1.05 bits per heavy atom. The lowest BCUT2D eigenvalue weighted by atomic mass is 10.3. The van der Waals surface area contributed by atoms with Gasteiger partial charge in [0, 0.05) is 52.4 Å². The van der Waals surface area contributed by atoms with Gasteiger partial charge in [-0.2, -0.15) is 0 Å². The Balaban J connectivity index is 0.000000215. The molecule has 0 aromatic heterocycles. The van der Waals surface area contributed by atoms with E-state index in [9.17, 15) is 27.2 Å². The average molecular weight is 543 g/mol. The summed E-state index contributed by atoms with van der Waals surface area (Å²) in [6.45, 7) is 6.07. The number of piperazine rings is 2. The number of ether oxygens (including phenoxy) is 3. The van der Waals surface area contributed by atoms with E-state index in [0.29, 0.717) is 30.9 Å². The van der Waals surface area contributed by atoms with Crippen LogP contribution in [0.2, 0.25) is 0 Å². The van der Waals surface area contributed by atoms with Crippen LogP contribution in [0.1, 0.15) is 0 Å². The Kier molecular flexibility index (Phi) is 11.3. The van der Waals surface area contributed by atoms with Gasteiger partial charge in [-0.25, -0.2) is 4.39 Å². The zero-order chi connectivity index (χ0) is 27.4. The van der Waals surface area contributed by atoms with Gasteiger partial charge in [0.25, 0.3) is 0 Å². The second-order valence-electron chi connectivity index (χ2n) is 8.33. The van der Waals surface area contributed by atoms with E-state index in [2.05, 4.69) is 15.4 Å². The number of alkyl halides is 3. The second kappa shape index (κ2) is 14.6. The summed E-state index contributed by atoms with van der Waals surface area (Å²) < 4.78 is 63.6. The first-order valence-electron chi connectivity index (χ1n) is 12.0. The molecule has 2 N–H and O–H groups in total. The van der Waals surface area contributed by atoms with E-state index in [0.717, 1.165) is 57.7 Å². The van der Waals surface area contributed by atoms with Crippen LogP contribution >= 0.6 is 0 Å². The molecule has 2 saturated heterocycles. The van der Waals surface area contributed by atoms with Crippen molar-refractivity contribution >= 4 is 12.6 Å².